The fourth-order valence-corrected chi connectivity index (χ4v) is 1.43. The number of hydrogen-bond acceptors (Lipinski definition) is 3. The van der Waals surface area contributed by atoms with Crippen molar-refractivity contribution in [3.8, 4) is 5.69 Å². The van der Waals surface area contributed by atoms with E-state index in [1.165, 1.54) is 6.92 Å². The van der Waals surface area contributed by atoms with Crippen LogP contribution in [0.4, 0.5) is 5.69 Å². The molecule has 1 atom stereocenters. The number of nitrogens with zero attached hydrogens (tertiary/aromatic N) is 2. The zero-order valence-electron chi connectivity index (χ0n) is 9.37. The van der Waals surface area contributed by atoms with E-state index in [4.69, 9.17) is 5.11 Å². The van der Waals surface area contributed by atoms with Gasteiger partial charge in [-0.1, -0.05) is 12.1 Å². The quantitative estimate of drug-likeness (QED) is 0.833. The van der Waals surface area contributed by atoms with Gasteiger partial charge in [0.05, 0.1) is 11.4 Å². The van der Waals surface area contributed by atoms with Crippen LogP contribution in [-0.2, 0) is 4.79 Å². The van der Waals surface area contributed by atoms with Crippen molar-refractivity contribution in [2.75, 3.05) is 5.32 Å². The molecule has 0 fully saturated rings. The number of carbonyl (C=O) groups is 1. The first-order valence-electron chi connectivity index (χ1n) is 5.26. The molecule has 1 amide bonds. The molecule has 88 valence electrons. The Kier molecular flexibility index (Phi) is 3.20. The average molecular weight is 231 g/mol. The molecule has 5 nitrogen and oxygen atoms in total. The summed E-state index contributed by atoms with van der Waals surface area (Å²) in [5.74, 6) is -0.440. The number of rotatable bonds is 3. The number of anilines is 1. The third-order valence-corrected chi connectivity index (χ3v) is 2.29. The molecule has 0 bridgehead atoms. The Morgan fingerprint density at radius 1 is 1.41 bits per heavy atom. The molecule has 2 N–H and O–H groups in total. The predicted molar refractivity (Wildman–Crippen MR) is 63.9 cm³/mol. The van der Waals surface area contributed by atoms with Crippen molar-refractivity contribution < 1.29 is 9.90 Å². The Bertz CT molecular complexity index is 506. The van der Waals surface area contributed by atoms with Gasteiger partial charge in [0.2, 0.25) is 0 Å². The molecule has 0 aliphatic rings. The van der Waals surface area contributed by atoms with Crippen LogP contribution >= 0.6 is 0 Å². The molecule has 0 aliphatic carbocycles. The average Bonchev–Trinajstić information content (AvgIpc) is 2.83. The maximum atomic E-state index is 11.4. The molecule has 2 rings (SSSR count). The Balaban J connectivity index is 2.32. The number of carbonyl (C=O) groups excluding carboxylic acids is 1. The second-order valence-electron chi connectivity index (χ2n) is 3.63. The van der Waals surface area contributed by atoms with E-state index in [1.807, 2.05) is 18.2 Å². The lowest BCUT2D eigenvalue weighted by atomic mass is 10.2. The minimum absolute atomic E-state index is 0.440. The molecular formula is C12H13N3O2. The molecular weight excluding hydrogens is 218 g/mol. The van der Waals surface area contributed by atoms with E-state index in [2.05, 4.69) is 10.4 Å². The summed E-state index contributed by atoms with van der Waals surface area (Å²) < 4.78 is 1.65. The number of para-hydroxylation sites is 2. The van der Waals surface area contributed by atoms with Gasteiger partial charge in [-0.2, -0.15) is 5.10 Å². The Morgan fingerprint density at radius 3 is 2.82 bits per heavy atom. The molecule has 5 heteroatoms. The highest BCUT2D eigenvalue weighted by atomic mass is 16.3. The Hall–Kier alpha value is -2.14. The number of aliphatic hydroxyl groups is 1. The van der Waals surface area contributed by atoms with Crippen LogP contribution in [0.2, 0.25) is 0 Å². The lowest BCUT2D eigenvalue weighted by Gasteiger charge is -2.11. The maximum absolute atomic E-state index is 11.4. The zero-order valence-corrected chi connectivity index (χ0v) is 9.37. The summed E-state index contributed by atoms with van der Waals surface area (Å²) in [6.45, 7) is 1.42. The van der Waals surface area contributed by atoms with Crippen molar-refractivity contribution in [1.82, 2.24) is 9.78 Å². The van der Waals surface area contributed by atoms with Crippen LogP contribution in [0.1, 0.15) is 6.92 Å². The third kappa shape index (κ3) is 2.51. The third-order valence-electron chi connectivity index (χ3n) is 2.29. The largest absolute Gasteiger partial charge is 0.384 e. The van der Waals surface area contributed by atoms with Gasteiger partial charge in [-0.05, 0) is 25.1 Å². The van der Waals surface area contributed by atoms with Crippen molar-refractivity contribution >= 4 is 11.6 Å². The van der Waals surface area contributed by atoms with Crippen LogP contribution in [-0.4, -0.2) is 26.9 Å². The van der Waals surface area contributed by atoms with Crippen molar-refractivity contribution in [2.24, 2.45) is 0 Å². The van der Waals surface area contributed by atoms with Gasteiger partial charge in [0.1, 0.15) is 6.10 Å². The first kappa shape index (κ1) is 11.3. The van der Waals surface area contributed by atoms with Crippen molar-refractivity contribution in [3.63, 3.8) is 0 Å². The number of nitrogens with one attached hydrogen (secondary N) is 1. The highest BCUT2D eigenvalue weighted by molar-refractivity contribution is 5.95. The van der Waals surface area contributed by atoms with Gasteiger partial charge in [0.25, 0.3) is 5.91 Å². The van der Waals surface area contributed by atoms with Gasteiger partial charge < -0.3 is 10.4 Å². The van der Waals surface area contributed by atoms with Crippen molar-refractivity contribution in [1.29, 1.82) is 0 Å². The van der Waals surface area contributed by atoms with Crippen LogP contribution in [0.5, 0.6) is 0 Å². The van der Waals surface area contributed by atoms with Crippen LogP contribution in [0.3, 0.4) is 0 Å². The van der Waals surface area contributed by atoms with Gasteiger partial charge in [-0.25, -0.2) is 4.68 Å². The smallest absolute Gasteiger partial charge is 0.252 e. The molecule has 0 spiro atoms. The molecule has 0 saturated heterocycles. The molecule has 1 heterocycles. The summed E-state index contributed by atoms with van der Waals surface area (Å²) in [5, 5.41) is 15.9. The fraction of sp³-hybridized carbons (Fsp3) is 0.167. The number of aromatic nitrogens is 2. The second-order valence-corrected chi connectivity index (χ2v) is 3.63. The number of hydrogen-bond donors (Lipinski definition) is 2. The molecule has 1 unspecified atom stereocenters. The summed E-state index contributed by atoms with van der Waals surface area (Å²) in [4.78, 5) is 11.4. The van der Waals surface area contributed by atoms with E-state index >= 15 is 0 Å². The Labute approximate surface area is 98.7 Å². The van der Waals surface area contributed by atoms with Crippen LogP contribution < -0.4 is 5.32 Å². The minimum atomic E-state index is -1.04. The van der Waals surface area contributed by atoms with Gasteiger partial charge in [0.15, 0.2) is 0 Å². The number of benzene rings is 1. The normalized spacial score (nSPS) is 12.1. The SMILES string of the molecule is CC(O)C(=O)Nc1ccccc1-n1cccn1. The van der Waals surface area contributed by atoms with Gasteiger partial charge in [0, 0.05) is 12.4 Å². The van der Waals surface area contributed by atoms with E-state index < -0.39 is 12.0 Å². The molecule has 0 saturated carbocycles. The lowest BCUT2D eigenvalue weighted by Crippen LogP contribution is -2.25. The molecule has 17 heavy (non-hydrogen) atoms. The summed E-state index contributed by atoms with van der Waals surface area (Å²) in [6, 6.07) is 9.06. The van der Waals surface area contributed by atoms with E-state index in [-0.39, 0.29) is 0 Å². The summed E-state index contributed by atoms with van der Waals surface area (Å²) in [7, 11) is 0. The molecule has 0 radical (unpaired) electrons. The van der Waals surface area contributed by atoms with Crippen molar-refractivity contribution in [2.45, 2.75) is 13.0 Å². The second kappa shape index (κ2) is 4.80. The number of amides is 1. The summed E-state index contributed by atoms with van der Waals surface area (Å²) >= 11 is 0. The summed E-state index contributed by atoms with van der Waals surface area (Å²) in [6.07, 6.45) is 2.40. The molecule has 2 aromatic rings. The highest BCUT2D eigenvalue weighted by Gasteiger charge is 2.11. The monoisotopic (exact) mass is 231 g/mol. The molecule has 1 aromatic heterocycles. The minimum Gasteiger partial charge on any atom is -0.384 e. The van der Waals surface area contributed by atoms with E-state index in [9.17, 15) is 4.79 Å². The van der Waals surface area contributed by atoms with Crippen LogP contribution in [0.25, 0.3) is 5.69 Å². The number of aliphatic hydroxyl groups excluding tert-OH is 1. The van der Waals surface area contributed by atoms with Gasteiger partial charge in [-0.3, -0.25) is 4.79 Å². The zero-order chi connectivity index (χ0) is 12.3. The Morgan fingerprint density at radius 2 is 2.18 bits per heavy atom. The standard InChI is InChI=1S/C12H13N3O2/c1-9(16)12(17)14-10-5-2-3-6-11(10)15-8-4-7-13-15/h2-9,16H,1H3,(H,14,17). The molecule has 0 aliphatic heterocycles. The molecule has 1 aromatic carbocycles. The van der Waals surface area contributed by atoms with Crippen LogP contribution in [0, 0.1) is 0 Å². The van der Waals surface area contributed by atoms with Crippen molar-refractivity contribution in [3.05, 3.63) is 42.7 Å². The van der Waals surface area contributed by atoms with E-state index in [1.54, 1.807) is 29.2 Å². The lowest BCUT2D eigenvalue weighted by molar-refractivity contribution is -0.123. The van der Waals surface area contributed by atoms with Gasteiger partial charge >= 0.3 is 0 Å². The summed E-state index contributed by atoms with van der Waals surface area (Å²) in [5.41, 5.74) is 1.37. The van der Waals surface area contributed by atoms with Gasteiger partial charge in [-0.15, -0.1) is 0 Å². The predicted octanol–water partition coefficient (Wildman–Crippen LogP) is 1.19. The maximum Gasteiger partial charge on any atom is 0.252 e. The topological polar surface area (TPSA) is 67.2 Å². The van der Waals surface area contributed by atoms with Crippen LogP contribution in [0.15, 0.2) is 42.7 Å². The fourth-order valence-electron chi connectivity index (χ4n) is 1.43. The highest BCUT2D eigenvalue weighted by Crippen LogP contribution is 2.18. The van der Waals surface area contributed by atoms with E-state index in [0.29, 0.717) is 5.69 Å². The first-order chi connectivity index (χ1) is 8.18. The van der Waals surface area contributed by atoms with E-state index in [0.717, 1.165) is 5.69 Å². The first-order valence-corrected chi connectivity index (χ1v) is 5.26.